The number of benzene rings is 1. The molecule has 1 unspecified atom stereocenters. The van der Waals surface area contributed by atoms with Gasteiger partial charge in [-0.25, -0.2) is 12.8 Å². The van der Waals surface area contributed by atoms with Crippen molar-refractivity contribution in [2.45, 2.75) is 41.7 Å². The molecule has 0 radical (unpaired) electrons. The summed E-state index contributed by atoms with van der Waals surface area (Å²) in [6, 6.07) is 5.59. The Kier molecular flexibility index (Phi) is 7.47. The van der Waals surface area contributed by atoms with Crippen LogP contribution in [0, 0.1) is 17.2 Å². The van der Waals surface area contributed by atoms with E-state index in [2.05, 4.69) is 21.8 Å². The number of hydrogen-bond donors (Lipinski definition) is 3. The first-order chi connectivity index (χ1) is 16.0. The lowest BCUT2D eigenvalue weighted by Gasteiger charge is -2.33. The second kappa shape index (κ2) is 9.98. The van der Waals surface area contributed by atoms with Crippen LogP contribution in [0.15, 0.2) is 35.4 Å². The minimum Gasteiger partial charge on any atom is -0.365 e. The van der Waals surface area contributed by atoms with Crippen molar-refractivity contribution >= 4 is 27.2 Å². The van der Waals surface area contributed by atoms with Gasteiger partial charge in [0, 0.05) is 24.5 Å². The van der Waals surface area contributed by atoms with Crippen LogP contribution in [0.1, 0.15) is 35.7 Å². The smallest absolute Gasteiger partial charge is 0.365 e. The fourth-order valence-electron chi connectivity index (χ4n) is 3.88. The van der Waals surface area contributed by atoms with Gasteiger partial charge in [-0.15, -0.1) is 0 Å². The van der Waals surface area contributed by atoms with E-state index in [1.807, 2.05) is 0 Å². The molecule has 184 valence electrons. The molecule has 2 aromatic rings. The summed E-state index contributed by atoms with van der Waals surface area (Å²) in [6.45, 7) is -0.325. The van der Waals surface area contributed by atoms with Crippen LogP contribution in [-0.4, -0.2) is 48.9 Å². The van der Waals surface area contributed by atoms with Gasteiger partial charge in [0.25, 0.3) is 15.7 Å². The van der Waals surface area contributed by atoms with Gasteiger partial charge >= 0.3 is 5.51 Å². The van der Waals surface area contributed by atoms with Gasteiger partial charge in [-0.1, -0.05) is 0 Å². The fraction of sp³-hybridized carbons (Fsp3) is 0.450. The number of aromatic nitrogens is 2. The first-order valence-corrected chi connectivity index (χ1v) is 11.7. The van der Waals surface area contributed by atoms with Crippen LogP contribution in [-0.2, 0) is 9.84 Å². The molecule has 1 aromatic carbocycles. The maximum absolute atomic E-state index is 12.7. The standard InChI is InChI=1S/C20H22F4N6O3S/c21-7-8-27-14-3-6-17(12(9-14)10-25)30-11-16(18(26)31)19(29-30)28-13-1-4-15(5-2-13)34(32,33)20(22,23)24/h1-2,4-5,11-12,14,17,27H,3,6-9H2,(H2,26,31)(H,28,29)/t12-,14?,17+/m1/s1. The number of nitrogens with zero attached hydrogens (tertiary/aromatic N) is 3. The van der Waals surface area contributed by atoms with Gasteiger partial charge in [0.1, 0.15) is 12.2 Å². The molecule has 4 N–H and O–H groups in total. The molecular weight excluding hydrogens is 480 g/mol. The average Bonchev–Trinajstić information content (AvgIpc) is 3.21. The third-order valence-electron chi connectivity index (χ3n) is 5.58. The molecule has 1 aliphatic carbocycles. The second-order valence-corrected chi connectivity index (χ2v) is 9.73. The van der Waals surface area contributed by atoms with Gasteiger partial charge in [0.15, 0.2) is 5.82 Å². The molecule has 1 amide bonds. The van der Waals surface area contributed by atoms with E-state index in [4.69, 9.17) is 5.73 Å². The molecule has 14 heteroatoms. The Morgan fingerprint density at radius 3 is 2.50 bits per heavy atom. The summed E-state index contributed by atoms with van der Waals surface area (Å²) >= 11 is 0. The molecule has 1 saturated carbocycles. The number of anilines is 2. The van der Waals surface area contributed by atoms with Crippen molar-refractivity contribution in [2.24, 2.45) is 11.7 Å². The average molecular weight is 502 g/mol. The third-order valence-corrected chi connectivity index (χ3v) is 7.08. The van der Waals surface area contributed by atoms with E-state index in [0.29, 0.717) is 19.3 Å². The van der Waals surface area contributed by atoms with Crippen LogP contribution in [0.25, 0.3) is 0 Å². The third kappa shape index (κ3) is 5.31. The summed E-state index contributed by atoms with van der Waals surface area (Å²) in [7, 11) is -5.50. The van der Waals surface area contributed by atoms with Gasteiger partial charge in [0.05, 0.1) is 22.9 Å². The number of carbonyl (C=O) groups is 1. The Hall–Kier alpha value is -3.18. The lowest BCUT2D eigenvalue weighted by molar-refractivity contribution is -0.0436. The number of sulfone groups is 1. The lowest BCUT2D eigenvalue weighted by Crippen LogP contribution is -2.39. The molecule has 0 spiro atoms. The van der Waals surface area contributed by atoms with E-state index in [9.17, 15) is 36.0 Å². The Morgan fingerprint density at radius 1 is 1.26 bits per heavy atom. The van der Waals surface area contributed by atoms with Gasteiger partial charge in [-0.2, -0.15) is 23.5 Å². The number of nitriles is 1. The predicted octanol–water partition coefficient (Wildman–Crippen LogP) is 2.81. The number of nitrogens with one attached hydrogen (secondary N) is 2. The van der Waals surface area contributed by atoms with E-state index in [-0.39, 0.29) is 35.7 Å². The number of carbonyl (C=O) groups excluding carboxylic acids is 1. The van der Waals surface area contributed by atoms with Crippen molar-refractivity contribution in [3.63, 3.8) is 0 Å². The van der Waals surface area contributed by atoms with E-state index in [1.54, 1.807) is 0 Å². The molecule has 34 heavy (non-hydrogen) atoms. The number of hydrogen-bond acceptors (Lipinski definition) is 7. The monoisotopic (exact) mass is 502 g/mol. The minimum atomic E-state index is -5.50. The quantitative estimate of drug-likeness (QED) is 0.471. The summed E-state index contributed by atoms with van der Waals surface area (Å²) in [6.07, 6.45) is 3.04. The second-order valence-electron chi connectivity index (χ2n) is 7.79. The van der Waals surface area contributed by atoms with E-state index >= 15 is 0 Å². The maximum Gasteiger partial charge on any atom is 0.501 e. The lowest BCUT2D eigenvalue weighted by atomic mass is 9.82. The molecule has 3 atom stereocenters. The summed E-state index contributed by atoms with van der Waals surface area (Å²) in [5.74, 6) is -1.28. The highest BCUT2D eigenvalue weighted by atomic mass is 32.2. The largest absolute Gasteiger partial charge is 0.501 e. The van der Waals surface area contributed by atoms with Crippen LogP contribution >= 0.6 is 0 Å². The van der Waals surface area contributed by atoms with Crippen molar-refractivity contribution in [1.82, 2.24) is 15.1 Å². The SMILES string of the molecule is N#C[C@H]1CC(NCCF)CC[C@@H]1n1cc(C(N)=O)c(Nc2ccc(S(=O)(=O)C(F)(F)F)cc2)n1. The minimum absolute atomic E-state index is 0.00768. The van der Waals surface area contributed by atoms with Crippen LogP contribution in [0.5, 0.6) is 0 Å². The van der Waals surface area contributed by atoms with Gasteiger partial charge in [-0.05, 0) is 43.5 Å². The first-order valence-electron chi connectivity index (χ1n) is 10.2. The van der Waals surface area contributed by atoms with Crippen molar-refractivity contribution in [1.29, 1.82) is 5.26 Å². The highest BCUT2D eigenvalue weighted by Crippen LogP contribution is 2.35. The molecule has 1 aliphatic rings. The van der Waals surface area contributed by atoms with Crippen LogP contribution in [0.3, 0.4) is 0 Å². The van der Waals surface area contributed by atoms with E-state index in [0.717, 1.165) is 24.3 Å². The Bertz CT molecular complexity index is 1170. The van der Waals surface area contributed by atoms with Gasteiger partial charge in [0.2, 0.25) is 0 Å². The van der Waals surface area contributed by atoms with Gasteiger partial charge < -0.3 is 16.4 Å². The Labute approximate surface area is 192 Å². The number of alkyl halides is 4. The van der Waals surface area contributed by atoms with E-state index in [1.165, 1.54) is 10.9 Å². The van der Waals surface area contributed by atoms with E-state index < -0.39 is 38.7 Å². The van der Waals surface area contributed by atoms with Crippen LogP contribution in [0.4, 0.5) is 29.1 Å². The number of rotatable bonds is 8. The first kappa shape index (κ1) is 25.4. The zero-order valence-corrected chi connectivity index (χ0v) is 18.5. The summed E-state index contributed by atoms with van der Waals surface area (Å²) in [4.78, 5) is 11.0. The predicted molar refractivity (Wildman–Crippen MR) is 113 cm³/mol. The molecule has 0 saturated heterocycles. The molecule has 1 heterocycles. The molecule has 3 rings (SSSR count). The maximum atomic E-state index is 12.7. The summed E-state index contributed by atoms with van der Waals surface area (Å²) < 4.78 is 75.1. The zero-order chi connectivity index (χ0) is 25.1. The molecule has 0 bridgehead atoms. The number of amides is 1. The highest BCUT2D eigenvalue weighted by Gasteiger charge is 2.46. The molecule has 1 fully saturated rings. The van der Waals surface area contributed by atoms with Crippen molar-refractivity contribution in [2.75, 3.05) is 18.5 Å². The number of halogens is 4. The van der Waals surface area contributed by atoms with Gasteiger partial charge in [-0.3, -0.25) is 9.48 Å². The number of primary amides is 1. The number of nitrogens with two attached hydrogens (primary N) is 1. The Balaban J connectivity index is 1.82. The van der Waals surface area contributed by atoms with Crippen molar-refractivity contribution < 1.29 is 30.8 Å². The Morgan fingerprint density at radius 2 is 1.94 bits per heavy atom. The summed E-state index contributed by atoms with van der Waals surface area (Å²) in [5.41, 5.74) is 0.163. The highest BCUT2D eigenvalue weighted by molar-refractivity contribution is 7.92. The topological polar surface area (TPSA) is 143 Å². The van der Waals surface area contributed by atoms with Crippen LogP contribution < -0.4 is 16.4 Å². The van der Waals surface area contributed by atoms with Crippen molar-refractivity contribution in [3.8, 4) is 6.07 Å². The van der Waals surface area contributed by atoms with Crippen molar-refractivity contribution in [3.05, 3.63) is 36.0 Å². The zero-order valence-electron chi connectivity index (χ0n) is 17.7. The normalized spacial score (nSPS) is 21.1. The molecule has 9 nitrogen and oxygen atoms in total. The summed E-state index contributed by atoms with van der Waals surface area (Å²) in [5, 5.41) is 19.7. The molecule has 1 aromatic heterocycles. The molecule has 0 aliphatic heterocycles. The molecular formula is C20H22F4N6O3S. The fourth-order valence-corrected chi connectivity index (χ4v) is 4.64. The van der Waals surface area contributed by atoms with Crippen LogP contribution in [0.2, 0.25) is 0 Å².